The zero-order valence-corrected chi connectivity index (χ0v) is 11.7. The molecule has 0 saturated heterocycles. The molecule has 0 atom stereocenters. The molecule has 0 saturated carbocycles. The highest BCUT2D eigenvalue weighted by Gasteiger charge is 2.15. The molecule has 0 aliphatic carbocycles. The van der Waals surface area contributed by atoms with Crippen LogP contribution < -0.4 is 5.32 Å². The van der Waals surface area contributed by atoms with Crippen molar-refractivity contribution in [1.29, 1.82) is 0 Å². The molecule has 0 spiro atoms. The predicted octanol–water partition coefficient (Wildman–Crippen LogP) is 3.62. The second-order valence-electron chi connectivity index (χ2n) is 4.45. The van der Waals surface area contributed by atoms with Gasteiger partial charge in [-0.15, -0.1) is 0 Å². The lowest BCUT2D eigenvalue weighted by Gasteiger charge is -2.14. The van der Waals surface area contributed by atoms with Crippen LogP contribution in [0.1, 0.15) is 45.1 Å². The molecular formula is C14H23NOS. The second-order valence-corrected chi connectivity index (χ2v) is 5.23. The molecule has 2 nitrogen and oxygen atoms in total. The molecule has 1 aromatic rings. The van der Waals surface area contributed by atoms with E-state index in [1.807, 2.05) is 0 Å². The van der Waals surface area contributed by atoms with Crippen molar-refractivity contribution in [2.75, 3.05) is 6.54 Å². The van der Waals surface area contributed by atoms with Crippen LogP contribution >= 0.6 is 11.3 Å². The zero-order valence-electron chi connectivity index (χ0n) is 10.9. The Labute approximate surface area is 108 Å². The van der Waals surface area contributed by atoms with Gasteiger partial charge in [-0.1, -0.05) is 26.7 Å². The molecule has 1 amide bonds. The third-order valence-electron chi connectivity index (χ3n) is 2.94. The minimum absolute atomic E-state index is 0.215. The summed E-state index contributed by atoms with van der Waals surface area (Å²) in [6.07, 6.45) is 5.14. The van der Waals surface area contributed by atoms with Crippen LogP contribution in [-0.2, 0) is 11.2 Å². The quantitative estimate of drug-likeness (QED) is 0.753. The van der Waals surface area contributed by atoms with Crippen molar-refractivity contribution in [3.05, 3.63) is 22.4 Å². The van der Waals surface area contributed by atoms with Gasteiger partial charge in [-0.2, -0.15) is 11.3 Å². The summed E-state index contributed by atoms with van der Waals surface area (Å²) in [5.41, 5.74) is 1.32. The van der Waals surface area contributed by atoms with Crippen molar-refractivity contribution < 1.29 is 4.79 Å². The van der Waals surface area contributed by atoms with Gasteiger partial charge in [-0.05, 0) is 41.7 Å². The summed E-state index contributed by atoms with van der Waals surface area (Å²) in [5, 5.41) is 7.27. The lowest BCUT2D eigenvalue weighted by molar-refractivity contribution is -0.125. The average molecular weight is 253 g/mol. The number of hydrogen-bond donors (Lipinski definition) is 1. The highest BCUT2D eigenvalue weighted by Crippen LogP contribution is 2.13. The molecule has 1 rings (SSSR count). The highest BCUT2D eigenvalue weighted by molar-refractivity contribution is 7.07. The predicted molar refractivity (Wildman–Crippen MR) is 74.3 cm³/mol. The van der Waals surface area contributed by atoms with Gasteiger partial charge in [0, 0.05) is 12.5 Å². The summed E-state index contributed by atoms with van der Waals surface area (Å²) in [5.74, 6) is 0.455. The molecule has 0 radical (unpaired) electrons. The van der Waals surface area contributed by atoms with E-state index in [2.05, 4.69) is 36.0 Å². The third-order valence-corrected chi connectivity index (χ3v) is 3.67. The van der Waals surface area contributed by atoms with E-state index in [0.29, 0.717) is 0 Å². The maximum atomic E-state index is 11.9. The van der Waals surface area contributed by atoms with Gasteiger partial charge in [-0.25, -0.2) is 0 Å². The van der Waals surface area contributed by atoms with Crippen LogP contribution in [0.15, 0.2) is 16.8 Å². The Kier molecular flexibility index (Phi) is 6.94. The molecule has 0 aliphatic heterocycles. The third kappa shape index (κ3) is 5.35. The fourth-order valence-electron chi connectivity index (χ4n) is 2.01. The minimum Gasteiger partial charge on any atom is -0.356 e. The number of rotatable bonds is 8. The molecule has 0 aromatic carbocycles. The molecule has 96 valence electrons. The fourth-order valence-corrected chi connectivity index (χ4v) is 2.72. The van der Waals surface area contributed by atoms with Crippen LogP contribution in [0, 0.1) is 5.92 Å². The maximum absolute atomic E-state index is 11.9. The van der Waals surface area contributed by atoms with E-state index in [0.717, 1.165) is 38.6 Å². The van der Waals surface area contributed by atoms with E-state index in [-0.39, 0.29) is 11.8 Å². The van der Waals surface area contributed by atoms with Gasteiger partial charge < -0.3 is 5.32 Å². The van der Waals surface area contributed by atoms with Gasteiger partial charge in [0.25, 0.3) is 0 Å². The van der Waals surface area contributed by atoms with Crippen molar-refractivity contribution in [3.63, 3.8) is 0 Å². The first kappa shape index (κ1) is 14.2. The Morgan fingerprint density at radius 3 is 2.59 bits per heavy atom. The highest BCUT2D eigenvalue weighted by atomic mass is 32.1. The summed E-state index contributed by atoms with van der Waals surface area (Å²) < 4.78 is 0. The maximum Gasteiger partial charge on any atom is 0.223 e. The number of amides is 1. The van der Waals surface area contributed by atoms with E-state index < -0.39 is 0 Å². The zero-order chi connectivity index (χ0) is 12.5. The summed E-state index contributed by atoms with van der Waals surface area (Å²) >= 11 is 1.71. The Morgan fingerprint density at radius 2 is 2.06 bits per heavy atom. The van der Waals surface area contributed by atoms with Gasteiger partial charge in [0.05, 0.1) is 0 Å². The van der Waals surface area contributed by atoms with Crippen LogP contribution in [0.3, 0.4) is 0 Å². The number of hydrogen-bond acceptors (Lipinski definition) is 2. The van der Waals surface area contributed by atoms with Crippen LogP contribution in [-0.4, -0.2) is 12.5 Å². The molecule has 0 bridgehead atoms. The van der Waals surface area contributed by atoms with Crippen molar-refractivity contribution in [2.24, 2.45) is 5.92 Å². The molecule has 0 unspecified atom stereocenters. The smallest absolute Gasteiger partial charge is 0.223 e. The lowest BCUT2D eigenvalue weighted by atomic mass is 9.97. The number of carbonyl (C=O) groups is 1. The summed E-state index contributed by atoms with van der Waals surface area (Å²) in [6.45, 7) is 5.04. The van der Waals surface area contributed by atoms with E-state index in [1.165, 1.54) is 5.56 Å². The standard InChI is InChI=1S/C14H23NOS/c1-3-5-13(6-4-2)14(16)15-9-7-12-8-10-17-11-12/h8,10-11,13H,3-7,9H2,1-2H3,(H,15,16). The fraction of sp³-hybridized carbons (Fsp3) is 0.643. The number of thiophene rings is 1. The van der Waals surface area contributed by atoms with E-state index >= 15 is 0 Å². The van der Waals surface area contributed by atoms with Crippen LogP contribution in [0.25, 0.3) is 0 Å². The molecule has 0 fully saturated rings. The summed E-state index contributed by atoms with van der Waals surface area (Å²) in [6, 6.07) is 2.12. The van der Waals surface area contributed by atoms with E-state index in [4.69, 9.17) is 0 Å². The molecule has 3 heteroatoms. The van der Waals surface area contributed by atoms with E-state index in [1.54, 1.807) is 11.3 Å². The lowest BCUT2D eigenvalue weighted by Crippen LogP contribution is -2.32. The van der Waals surface area contributed by atoms with Gasteiger partial charge in [-0.3, -0.25) is 4.79 Å². The Morgan fingerprint density at radius 1 is 1.35 bits per heavy atom. The van der Waals surface area contributed by atoms with Crippen molar-refractivity contribution in [3.8, 4) is 0 Å². The van der Waals surface area contributed by atoms with E-state index in [9.17, 15) is 4.79 Å². The first-order valence-electron chi connectivity index (χ1n) is 6.56. The molecular weight excluding hydrogens is 230 g/mol. The van der Waals surface area contributed by atoms with Gasteiger partial charge >= 0.3 is 0 Å². The van der Waals surface area contributed by atoms with Gasteiger partial charge in [0.1, 0.15) is 0 Å². The average Bonchev–Trinajstić information content (AvgIpc) is 2.81. The summed E-state index contributed by atoms with van der Waals surface area (Å²) in [7, 11) is 0. The molecule has 1 aromatic heterocycles. The molecule has 17 heavy (non-hydrogen) atoms. The normalized spacial score (nSPS) is 10.8. The van der Waals surface area contributed by atoms with Crippen molar-refractivity contribution in [1.82, 2.24) is 5.32 Å². The van der Waals surface area contributed by atoms with Crippen molar-refractivity contribution in [2.45, 2.75) is 46.0 Å². The SMILES string of the molecule is CCCC(CCC)C(=O)NCCc1ccsc1. The first-order chi connectivity index (χ1) is 8.27. The second kappa shape index (κ2) is 8.29. The van der Waals surface area contributed by atoms with Crippen LogP contribution in [0.5, 0.6) is 0 Å². The molecule has 1 heterocycles. The Balaban J connectivity index is 2.26. The number of nitrogens with one attached hydrogen (secondary N) is 1. The van der Waals surface area contributed by atoms with Crippen LogP contribution in [0.2, 0.25) is 0 Å². The largest absolute Gasteiger partial charge is 0.356 e. The molecule has 0 aliphatic rings. The Bertz CT molecular complexity index is 302. The van der Waals surface area contributed by atoms with Crippen molar-refractivity contribution >= 4 is 17.2 Å². The Hall–Kier alpha value is -0.830. The van der Waals surface area contributed by atoms with Gasteiger partial charge in [0.2, 0.25) is 5.91 Å². The topological polar surface area (TPSA) is 29.1 Å². The van der Waals surface area contributed by atoms with Gasteiger partial charge in [0.15, 0.2) is 0 Å². The molecule has 1 N–H and O–H groups in total. The number of carbonyl (C=O) groups excluding carboxylic acids is 1. The monoisotopic (exact) mass is 253 g/mol. The summed E-state index contributed by atoms with van der Waals surface area (Å²) in [4.78, 5) is 11.9. The first-order valence-corrected chi connectivity index (χ1v) is 7.51. The van der Waals surface area contributed by atoms with Crippen LogP contribution in [0.4, 0.5) is 0 Å². The minimum atomic E-state index is 0.215.